The van der Waals surface area contributed by atoms with E-state index in [1.807, 2.05) is 13.0 Å². The molecule has 0 radical (unpaired) electrons. The quantitative estimate of drug-likeness (QED) is 0.404. The Kier molecular flexibility index (Phi) is 11.0. The number of likely N-dealkylation sites (tertiary alicyclic amines) is 1. The minimum absolute atomic E-state index is 0.116. The number of benzene rings is 1. The molecule has 2 heterocycles. The molecule has 1 aromatic heterocycles. The number of hydrogen-bond acceptors (Lipinski definition) is 5. The molecule has 1 aromatic carbocycles. The molecule has 0 saturated carbocycles. The first-order valence-electron chi connectivity index (χ1n) is 12.9. The van der Waals surface area contributed by atoms with Crippen LogP contribution in [0, 0.1) is 0 Å². The number of nitrogens with zero attached hydrogens (tertiary/aromatic N) is 3. The maximum absolute atomic E-state index is 13.1. The predicted octanol–water partition coefficient (Wildman–Crippen LogP) is 3.08. The van der Waals surface area contributed by atoms with Crippen molar-refractivity contribution in [2.75, 3.05) is 13.1 Å². The molecule has 1 atom stereocenters. The molecule has 2 amide bonds. The van der Waals surface area contributed by atoms with Crippen LogP contribution < -0.4 is 10.6 Å². The molecule has 0 aliphatic carbocycles. The Hall–Kier alpha value is -3.00. The average Bonchev–Trinajstić information content (AvgIpc) is 3.37. The summed E-state index contributed by atoms with van der Waals surface area (Å²) in [7, 11) is 0. The molecule has 3 rings (SSSR count). The maximum Gasteiger partial charge on any atom is 0.242 e. The molecule has 0 bridgehead atoms. The van der Waals surface area contributed by atoms with Gasteiger partial charge in [0.2, 0.25) is 11.8 Å². The average molecular weight is 482 g/mol. The molecule has 8 heteroatoms. The van der Waals surface area contributed by atoms with Crippen LogP contribution in [0.5, 0.6) is 0 Å². The highest BCUT2D eigenvalue weighted by molar-refractivity contribution is 5.87. The number of unbranched alkanes of at least 4 members (excludes halogenated alkanes) is 2. The number of imidazole rings is 1. The van der Waals surface area contributed by atoms with Gasteiger partial charge < -0.3 is 15.2 Å². The second kappa shape index (κ2) is 14.4. The van der Waals surface area contributed by atoms with Crippen molar-refractivity contribution in [3.63, 3.8) is 0 Å². The van der Waals surface area contributed by atoms with Gasteiger partial charge in [0, 0.05) is 50.9 Å². The van der Waals surface area contributed by atoms with Crippen LogP contribution in [0.2, 0.25) is 0 Å². The second-order valence-corrected chi connectivity index (χ2v) is 9.39. The first-order chi connectivity index (χ1) is 17.0. The van der Waals surface area contributed by atoms with Gasteiger partial charge in [0.25, 0.3) is 0 Å². The van der Waals surface area contributed by atoms with Crippen LogP contribution >= 0.6 is 0 Å². The lowest BCUT2D eigenvalue weighted by molar-refractivity contribution is -0.130. The lowest BCUT2D eigenvalue weighted by Crippen LogP contribution is -2.52. The van der Waals surface area contributed by atoms with Crippen molar-refractivity contribution in [3.05, 3.63) is 54.6 Å². The highest BCUT2D eigenvalue weighted by Crippen LogP contribution is 2.15. The second-order valence-electron chi connectivity index (χ2n) is 9.39. The topological polar surface area (TPSA) is 96.3 Å². The van der Waals surface area contributed by atoms with Crippen molar-refractivity contribution < 1.29 is 14.4 Å². The van der Waals surface area contributed by atoms with E-state index in [0.717, 1.165) is 51.7 Å². The van der Waals surface area contributed by atoms with Crippen LogP contribution in [0.25, 0.3) is 0 Å². The number of ketones is 1. The van der Waals surface area contributed by atoms with Gasteiger partial charge >= 0.3 is 0 Å². The van der Waals surface area contributed by atoms with Gasteiger partial charge in [-0.25, -0.2) is 4.98 Å². The van der Waals surface area contributed by atoms with Gasteiger partial charge in [0.1, 0.15) is 18.4 Å². The van der Waals surface area contributed by atoms with Crippen molar-refractivity contribution in [1.29, 1.82) is 0 Å². The van der Waals surface area contributed by atoms with Crippen molar-refractivity contribution in [1.82, 2.24) is 25.1 Å². The number of piperidine rings is 1. The molecule has 1 aliphatic heterocycles. The lowest BCUT2D eigenvalue weighted by atomic mass is 10.0. The molecule has 0 spiro atoms. The van der Waals surface area contributed by atoms with Gasteiger partial charge in [-0.15, -0.1) is 0 Å². The van der Waals surface area contributed by atoms with Gasteiger partial charge in [0.05, 0.1) is 6.33 Å². The molecule has 0 unspecified atom stereocenters. The predicted molar refractivity (Wildman–Crippen MR) is 135 cm³/mol. The fourth-order valence-corrected chi connectivity index (χ4v) is 4.46. The fourth-order valence-electron chi connectivity index (χ4n) is 4.46. The number of rotatable bonds is 14. The van der Waals surface area contributed by atoms with Crippen molar-refractivity contribution >= 4 is 17.6 Å². The molecule has 2 aromatic rings. The Labute approximate surface area is 208 Å². The summed E-state index contributed by atoms with van der Waals surface area (Å²) >= 11 is 0. The molecular formula is C27H39N5O3. The van der Waals surface area contributed by atoms with Crippen LogP contribution in [0.15, 0.2) is 49.1 Å². The maximum atomic E-state index is 13.1. The number of carbonyl (C=O) groups excluding carboxylic acids is 3. The standard InChI is InChI=1S/C27H39N5O3/c1-2-24(33)11-7-4-8-12-25(30-26(34)20-32-18-15-28-21-32)27(35)29-23-13-16-31(17-14-23)19-22-9-5-3-6-10-22/h3,5-6,9-10,15,18,21,23,25H,2,4,7-8,11-14,16-17,19-20H2,1H3,(H,29,35)(H,30,34)/t25-/m0/s1. The molecule has 1 saturated heterocycles. The zero-order valence-electron chi connectivity index (χ0n) is 20.8. The van der Waals surface area contributed by atoms with E-state index in [1.165, 1.54) is 5.56 Å². The summed E-state index contributed by atoms with van der Waals surface area (Å²) in [5, 5.41) is 6.10. The molecule has 1 fully saturated rings. The van der Waals surface area contributed by atoms with Crippen molar-refractivity contribution in [2.24, 2.45) is 0 Å². The zero-order chi connectivity index (χ0) is 24.9. The summed E-state index contributed by atoms with van der Waals surface area (Å²) in [6.07, 6.45) is 10.9. The van der Waals surface area contributed by atoms with Gasteiger partial charge in [0.15, 0.2) is 0 Å². The van der Waals surface area contributed by atoms with E-state index in [9.17, 15) is 14.4 Å². The molecule has 190 valence electrons. The van der Waals surface area contributed by atoms with E-state index in [2.05, 4.69) is 44.8 Å². The molecule has 1 aliphatic rings. The monoisotopic (exact) mass is 481 g/mol. The van der Waals surface area contributed by atoms with E-state index < -0.39 is 6.04 Å². The third kappa shape index (κ3) is 9.64. The number of hydrogen-bond donors (Lipinski definition) is 2. The number of nitrogens with one attached hydrogen (secondary N) is 2. The van der Waals surface area contributed by atoms with Crippen molar-refractivity contribution in [3.8, 4) is 0 Å². The third-order valence-electron chi connectivity index (χ3n) is 6.56. The largest absolute Gasteiger partial charge is 0.351 e. The normalized spacial score (nSPS) is 15.5. The van der Waals surface area contributed by atoms with Crippen LogP contribution in [-0.4, -0.2) is 57.2 Å². The minimum atomic E-state index is -0.574. The van der Waals surface area contributed by atoms with Crippen molar-refractivity contribution in [2.45, 2.75) is 83.5 Å². The van der Waals surface area contributed by atoms with Crippen LogP contribution in [0.1, 0.15) is 63.9 Å². The lowest BCUT2D eigenvalue weighted by Gasteiger charge is -2.33. The van der Waals surface area contributed by atoms with Gasteiger partial charge in [-0.05, 0) is 31.2 Å². The Bertz CT molecular complexity index is 908. The Morgan fingerprint density at radius 2 is 1.86 bits per heavy atom. The number of amides is 2. The zero-order valence-corrected chi connectivity index (χ0v) is 20.8. The SMILES string of the molecule is CCC(=O)CCCCC[C@H](NC(=O)Cn1ccnc1)C(=O)NC1CCN(Cc2ccccc2)CC1. The first-order valence-corrected chi connectivity index (χ1v) is 12.9. The Morgan fingerprint density at radius 3 is 2.54 bits per heavy atom. The van der Waals surface area contributed by atoms with E-state index in [0.29, 0.717) is 19.3 Å². The van der Waals surface area contributed by atoms with Gasteiger partial charge in [-0.2, -0.15) is 0 Å². The highest BCUT2D eigenvalue weighted by atomic mass is 16.2. The summed E-state index contributed by atoms with van der Waals surface area (Å²) in [4.78, 5) is 43.6. The number of Topliss-reactive ketones (excluding diaryl/α,β-unsaturated/α-hetero) is 1. The highest BCUT2D eigenvalue weighted by Gasteiger charge is 2.26. The molecular weight excluding hydrogens is 442 g/mol. The fraction of sp³-hybridized carbons (Fsp3) is 0.556. The Balaban J connectivity index is 1.46. The summed E-state index contributed by atoms with van der Waals surface area (Å²) in [5.74, 6) is -0.0522. The summed E-state index contributed by atoms with van der Waals surface area (Å²) in [6, 6.07) is 9.98. The Morgan fingerprint density at radius 1 is 1.09 bits per heavy atom. The smallest absolute Gasteiger partial charge is 0.242 e. The summed E-state index contributed by atoms with van der Waals surface area (Å²) in [6.45, 7) is 4.80. The van der Waals surface area contributed by atoms with Gasteiger partial charge in [-0.1, -0.05) is 50.1 Å². The molecule has 35 heavy (non-hydrogen) atoms. The number of aromatic nitrogens is 2. The first kappa shape index (κ1) is 26.6. The third-order valence-corrected chi connectivity index (χ3v) is 6.56. The van der Waals surface area contributed by atoms with E-state index in [1.54, 1.807) is 23.3 Å². The van der Waals surface area contributed by atoms with E-state index in [-0.39, 0.29) is 30.2 Å². The van der Waals surface area contributed by atoms with E-state index in [4.69, 9.17) is 0 Å². The molecule has 2 N–H and O–H groups in total. The number of carbonyl (C=O) groups is 3. The summed E-state index contributed by atoms with van der Waals surface area (Å²) < 4.78 is 1.68. The van der Waals surface area contributed by atoms with Crippen LogP contribution in [0.3, 0.4) is 0 Å². The van der Waals surface area contributed by atoms with E-state index >= 15 is 0 Å². The van der Waals surface area contributed by atoms with Gasteiger partial charge in [-0.3, -0.25) is 19.3 Å². The van der Waals surface area contributed by atoms with Crippen LogP contribution in [-0.2, 0) is 27.5 Å². The molecule has 8 nitrogen and oxygen atoms in total. The van der Waals surface area contributed by atoms with Crippen LogP contribution in [0.4, 0.5) is 0 Å². The minimum Gasteiger partial charge on any atom is -0.351 e. The summed E-state index contributed by atoms with van der Waals surface area (Å²) in [5.41, 5.74) is 1.30.